The van der Waals surface area contributed by atoms with E-state index in [1.165, 1.54) is 0 Å². The van der Waals surface area contributed by atoms with Crippen LogP contribution in [0.5, 0.6) is 5.75 Å². The summed E-state index contributed by atoms with van der Waals surface area (Å²) in [5.41, 5.74) is -0.494. The number of carbonyl (C=O) groups is 3. The van der Waals surface area contributed by atoms with E-state index in [0.717, 1.165) is 11.3 Å². The molecule has 134 valence electrons. The van der Waals surface area contributed by atoms with Gasteiger partial charge in [0.1, 0.15) is 12.3 Å². The molecule has 1 aromatic carbocycles. The average molecular weight is 345 g/mol. The summed E-state index contributed by atoms with van der Waals surface area (Å²) in [6, 6.07) is 6.63. The third-order valence-electron chi connectivity index (χ3n) is 4.60. The lowest BCUT2D eigenvalue weighted by Gasteiger charge is -2.33. The van der Waals surface area contributed by atoms with Crippen LogP contribution >= 0.6 is 0 Å². The summed E-state index contributed by atoms with van der Waals surface area (Å²) >= 11 is 0. The molecule has 7 nitrogen and oxygen atoms in total. The number of ether oxygens (including phenoxy) is 1. The summed E-state index contributed by atoms with van der Waals surface area (Å²) in [6.45, 7) is 4.72. The van der Waals surface area contributed by atoms with E-state index in [9.17, 15) is 14.4 Å². The number of benzene rings is 1. The molecule has 2 heterocycles. The molecular weight excluding hydrogens is 322 g/mol. The third-order valence-corrected chi connectivity index (χ3v) is 4.60. The molecule has 7 heteroatoms. The van der Waals surface area contributed by atoms with Gasteiger partial charge in [-0.2, -0.15) is 0 Å². The van der Waals surface area contributed by atoms with Gasteiger partial charge < -0.3 is 15.4 Å². The lowest BCUT2D eigenvalue weighted by molar-refractivity contribution is -0.136. The maximum Gasteiger partial charge on any atom is 0.325 e. The first kappa shape index (κ1) is 17.3. The number of fused-ring (bicyclic) bond motifs is 2. The number of nitrogens with zero attached hydrogens (tertiary/aromatic N) is 1. The molecule has 0 bridgehead atoms. The fourth-order valence-electron chi connectivity index (χ4n) is 3.22. The van der Waals surface area contributed by atoms with Crippen molar-refractivity contribution in [2.75, 3.05) is 19.7 Å². The fraction of sp³-hybridized carbons (Fsp3) is 0.500. The summed E-state index contributed by atoms with van der Waals surface area (Å²) in [5.74, 6) is 0.332. The smallest absolute Gasteiger partial charge is 0.325 e. The SMILES string of the molecule is CC(C)CCNC(=O)CN1C(=O)N[C@@]2(CCOc3ccccc32)C1=O. The molecule has 1 fully saturated rings. The van der Waals surface area contributed by atoms with Gasteiger partial charge in [0, 0.05) is 18.5 Å². The highest BCUT2D eigenvalue weighted by atomic mass is 16.5. The van der Waals surface area contributed by atoms with Crippen molar-refractivity contribution in [3.05, 3.63) is 29.8 Å². The van der Waals surface area contributed by atoms with E-state index in [1.54, 1.807) is 18.2 Å². The first-order valence-corrected chi connectivity index (χ1v) is 8.57. The first-order valence-electron chi connectivity index (χ1n) is 8.57. The van der Waals surface area contributed by atoms with Crippen LogP contribution in [0.15, 0.2) is 24.3 Å². The zero-order valence-electron chi connectivity index (χ0n) is 14.5. The minimum absolute atomic E-state index is 0.270. The highest BCUT2D eigenvalue weighted by Crippen LogP contribution is 2.40. The van der Waals surface area contributed by atoms with Gasteiger partial charge in [0.15, 0.2) is 5.54 Å². The van der Waals surface area contributed by atoms with Gasteiger partial charge in [0.25, 0.3) is 5.91 Å². The van der Waals surface area contributed by atoms with Crippen LogP contribution in [-0.4, -0.2) is 42.4 Å². The van der Waals surface area contributed by atoms with Crippen molar-refractivity contribution in [2.45, 2.75) is 32.2 Å². The van der Waals surface area contributed by atoms with Crippen molar-refractivity contribution < 1.29 is 19.1 Å². The van der Waals surface area contributed by atoms with E-state index in [4.69, 9.17) is 4.74 Å². The molecule has 0 unspecified atom stereocenters. The van der Waals surface area contributed by atoms with E-state index in [-0.39, 0.29) is 12.5 Å². The second kappa shape index (κ2) is 6.74. The Morgan fingerprint density at radius 1 is 1.36 bits per heavy atom. The van der Waals surface area contributed by atoms with Crippen molar-refractivity contribution in [2.24, 2.45) is 5.92 Å². The molecule has 0 saturated carbocycles. The topological polar surface area (TPSA) is 87.7 Å². The van der Waals surface area contributed by atoms with Gasteiger partial charge in [0.05, 0.1) is 6.61 Å². The van der Waals surface area contributed by atoms with Crippen LogP contribution in [0, 0.1) is 5.92 Å². The highest BCUT2D eigenvalue weighted by Gasteiger charge is 2.55. The Hall–Kier alpha value is -2.57. The van der Waals surface area contributed by atoms with Gasteiger partial charge in [0.2, 0.25) is 5.91 Å². The van der Waals surface area contributed by atoms with E-state index in [2.05, 4.69) is 24.5 Å². The number of hydrogen-bond donors (Lipinski definition) is 2. The second-order valence-electron chi connectivity index (χ2n) is 6.85. The summed E-state index contributed by atoms with van der Waals surface area (Å²) in [4.78, 5) is 38.4. The number of imide groups is 1. The molecule has 2 N–H and O–H groups in total. The Morgan fingerprint density at radius 3 is 2.88 bits per heavy atom. The Balaban J connectivity index is 1.74. The number of amides is 4. The zero-order valence-corrected chi connectivity index (χ0v) is 14.5. The largest absolute Gasteiger partial charge is 0.493 e. The Bertz CT molecular complexity index is 703. The summed E-state index contributed by atoms with van der Waals surface area (Å²) in [7, 11) is 0. The van der Waals surface area contributed by atoms with Crippen molar-refractivity contribution in [1.29, 1.82) is 0 Å². The monoisotopic (exact) mass is 345 g/mol. The van der Waals surface area contributed by atoms with Gasteiger partial charge in [-0.3, -0.25) is 14.5 Å². The maximum absolute atomic E-state index is 13.0. The van der Waals surface area contributed by atoms with E-state index < -0.39 is 17.5 Å². The van der Waals surface area contributed by atoms with E-state index in [0.29, 0.717) is 36.8 Å². The number of hydrogen-bond acceptors (Lipinski definition) is 4. The average Bonchev–Trinajstić information content (AvgIpc) is 2.80. The van der Waals surface area contributed by atoms with Gasteiger partial charge in [-0.15, -0.1) is 0 Å². The lowest BCUT2D eigenvalue weighted by atomic mass is 9.84. The number of para-hydroxylation sites is 1. The second-order valence-corrected chi connectivity index (χ2v) is 6.85. The summed E-state index contributed by atoms with van der Waals surface area (Å²) in [6.07, 6.45) is 1.20. The van der Waals surface area contributed by atoms with Crippen LogP contribution in [0.4, 0.5) is 4.79 Å². The summed E-state index contributed by atoms with van der Waals surface area (Å²) < 4.78 is 5.58. The zero-order chi connectivity index (χ0) is 18.0. The first-order chi connectivity index (χ1) is 11.9. The lowest BCUT2D eigenvalue weighted by Crippen LogP contribution is -2.48. The van der Waals surface area contributed by atoms with E-state index in [1.807, 2.05) is 6.07 Å². The Labute approximate surface area is 146 Å². The van der Waals surface area contributed by atoms with Crippen LogP contribution in [-0.2, 0) is 15.1 Å². The minimum atomic E-state index is -1.13. The maximum atomic E-state index is 13.0. The molecule has 1 spiro atoms. The molecule has 0 radical (unpaired) electrons. The normalized spacial score (nSPS) is 22.0. The van der Waals surface area contributed by atoms with Crippen molar-refractivity contribution in [1.82, 2.24) is 15.5 Å². The van der Waals surface area contributed by atoms with Gasteiger partial charge >= 0.3 is 6.03 Å². The van der Waals surface area contributed by atoms with Crippen LogP contribution in [0.25, 0.3) is 0 Å². The standard InChI is InChI=1S/C18H23N3O4/c1-12(2)7-9-19-15(22)11-21-16(23)18(20-17(21)24)8-10-25-14-6-4-3-5-13(14)18/h3-6,12H,7-11H2,1-2H3,(H,19,22)(H,20,24)/t18-/m1/s1. The molecule has 4 amide bonds. The van der Waals surface area contributed by atoms with Gasteiger partial charge in [-0.25, -0.2) is 4.79 Å². The minimum Gasteiger partial charge on any atom is -0.493 e. The van der Waals surface area contributed by atoms with Crippen molar-refractivity contribution in [3.63, 3.8) is 0 Å². The van der Waals surface area contributed by atoms with Crippen LogP contribution in [0.2, 0.25) is 0 Å². The highest BCUT2D eigenvalue weighted by molar-refractivity contribution is 6.09. The van der Waals surface area contributed by atoms with Crippen LogP contribution in [0.3, 0.4) is 0 Å². The van der Waals surface area contributed by atoms with E-state index >= 15 is 0 Å². The van der Waals surface area contributed by atoms with Crippen molar-refractivity contribution >= 4 is 17.8 Å². The van der Waals surface area contributed by atoms with Crippen LogP contribution < -0.4 is 15.4 Å². The Morgan fingerprint density at radius 2 is 2.12 bits per heavy atom. The number of rotatable bonds is 5. The molecule has 0 aliphatic carbocycles. The number of urea groups is 1. The number of carbonyl (C=O) groups excluding carboxylic acids is 3. The molecule has 25 heavy (non-hydrogen) atoms. The van der Waals surface area contributed by atoms with Crippen LogP contribution in [0.1, 0.15) is 32.3 Å². The molecule has 0 aromatic heterocycles. The van der Waals surface area contributed by atoms with Gasteiger partial charge in [-0.1, -0.05) is 32.0 Å². The molecule has 1 atom stereocenters. The quantitative estimate of drug-likeness (QED) is 0.789. The van der Waals surface area contributed by atoms with Crippen molar-refractivity contribution in [3.8, 4) is 5.75 Å². The molecule has 3 rings (SSSR count). The fourth-order valence-corrected chi connectivity index (χ4v) is 3.22. The van der Waals surface area contributed by atoms with Gasteiger partial charge in [-0.05, 0) is 18.4 Å². The summed E-state index contributed by atoms with van der Waals surface area (Å²) in [5, 5.41) is 5.54. The molecule has 1 saturated heterocycles. The predicted molar refractivity (Wildman–Crippen MR) is 90.9 cm³/mol. The molecule has 2 aliphatic heterocycles. The Kier molecular flexibility index (Phi) is 4.65. The molecule has 1 aromatic rings. The molecular formula is C18H23N3O4. The number of nitrogens with one attached hydrogen (secondary N) is 2. The molecule has 2 aliphatic rings. The predicted octanol–water partition coefficient (Wildman–Crippen LogP) is 1.38. The third kappa shape index (κ3) is 3.18.